The third-order valence-electron chi connectivity index (χ3n) is 4.06. The molecule has 0 atom stereocenters. The summed E-state index contributed by atoms with van der Waals surface area (Å²) in [5.74, 6) is 0.736. The van der Waals surface area contributed by atoms with Crippen LogP contribution in [0.15, 0.2) is 89.8 Å². The molecular weight excluding hydrogens is 396 g/mol. The number of hydrogen-bond acceptors (Lipinski definition) is 4. The summed E-state index contributed by atoms with van der Waals surface area (Å²) in [4.78, 5) is 2.74. The van der Waals surface area contributed by atoms with Gasteiger partial charge in [0.15, 0.2) is 11.6 Å². The van der Waals surface area contributed by atoms with Crippen LogP contribution in [-0.2, 0) is 10.0 Å². The van der Waals surface area contributed by atoms with E-state index in [1.54, 1.807) is 42.5 Å². The molecule has 0 radical (unpaired) electrons. The zero-order valence-corrected chi connectivity index (χ0v) is 16.1. The lowest BCUT2D eigenvalue weighted by Gasteiger charge is -2.13. The number of nitrogens with zero attached hydrogens (tertiary/aromatic N) is 3. The Kier molecular flexibility index (Phi) is 4.85. The van der Waals surface area contributed by atoms with Crippen molar-refractivity contribution >= 4 is 21.6 Å². The standard InChI is InChI=1S/C20H15ClN4O2S/c21-17-13-11-16(12-14-17)20-23-22-19(15-7-3-1-4-8-15)25(20)24-28(26,27)18-9-5-2-6-10-18/h1-14,24H. The molecule has 4 aromatic rings. The molecule has 1 aromatic heterocycles. The third-order valence-corrected chi connectivity index (χ3v) is 5.63. The van der Waals surface area contributed by atoms with E-state index in [1.165, 1.54) is 16.8 Å². The second-order valence-electron chi connectivity index (χ2n) is 5.96. The first-order valence-electron chi connectivity index (χ1n) is 8.39. The first-order chi connectivity index (χ1) is 13.5. The number of benzene rings is 3. The third kappa shape index (κ3) is 3.62. The lowest BCUT2D eigenvalue weighted by molar-refractivity contribution is 0.595. The first-order valence-corrected chi connectivity index (χ1v) is 10.3. The maximum Gasteiger partial charge on any atom is 0.275 e. The average Bonchev–Trinajstić information content (AvgIpc) is 3.13. The van der Waals surface area contributed by atoms with Gasteiger partial charge in [0.1, 0.15) is 0 Å². The summed E-state index contributed by atoms with van der Waals surface area (Å²) in [6.07, 6.45) is 0. The topological polar surface area (TPSA) is 76.9 Å². The molecule has 6 nitrogen and oxygen atoms in total. The van der Waals surface area contributed by atoms with Crippen LogP contribution in [0.2, 0.25) is 5.02 Å². The largest absolute Gasteiger partial charge is 0.275 e. The summed E-state index contributed by atoms with van der Waals surface area (Å²) >= 11 is 5.97. The Bertz CT molecular complexity index is 1190. The summed E-state index contributed by atoms with van der Waals surface area (Å²) < 4.78 is 27.2. The van der Waals surface area contributed by atoms with Gasteiger partial charge in [0, 0.05) is 16.1 Å². The van der Waals surface area contributed by atoms with Crippen LogP contribution in [-0.4, -0.2) is 23.3 Å². The van der Waals surface area contributed by atoms with E-state index in [0.29, 0.717) is 22.2 Å². The molecule has 0 amide bonds. The minimum Gasteiger partial charge on any atom is -0.213 e. The van der Waals surface area contributed by atoms with Crippen LogP contribution in [0.1, 0.15) is 0 Å². The summed E-state index contributed by atoms with van der Waals surface area (Å²) in [5.41, 5.74) is 1.40. The Hall–Kier alpha value is -3.16. The molecule has 0 fully saturated rings. The SMILES string of the molecule is O=S(=O)(Nn1c(-c2ccccc2)nnc1-c1ccc(Cl)cc1)c1ccccc1. The van der Waals surface area contributed by atoms with Crippen LogP contribution in [0, 0.1) is 0 Å². The van der Waals surface area contributed by atoms with E-state index >= 15 is 0 Å². The van der Waals surface area contributed by atoms with Crippen molar-refractivity contribution in [3.05, 3.63) is 90.0 Å². The predicted octanol–water partition coefficient (Wildman–Crippen LogP) is 4.20. The highest BCUT2D eigenvalue weighted by Gasteiger charge is 2.21. The molecule has 0 saturated carbocycles. The highest BCUT2D eigenvalue weighted by atomic mass is 35.5. The first kappa shape index (κ1) is 18.2. The van der Waals surface area contributed by atoms with Crippen molar-refractivity contribution in [2.75, 3.05) is 4.83 Å². The molecule has 0 bridgehead atoms. The van der Waals surface area contributed by atoms with Crippen molar-refractivity contribution in [2.45, 2.75) is 4.90 Å². The number of halogens is 1. The molecule has 0 aliphatic heterocycles. The molecule has 1 N–H and O–H groups in total. The fraction of sp³-hybridized carbons (Fsp3) is 0. The molecule has 0 unspecified atom stereocenters. The summed E-state index contributed by atoms with van der Waals surface area (Å²) in [6.45, 7) is 0. The molecule has 8 heteroatoms. The van der Waals surface area contributed by atoms with Gasteiger partial charge in [-0.1, -0.05) is 60.1 Å². The molecule has 140 valence electrons. The van der Waals surface area contributed by atoms with E-state index in [9.17, 15) is 8.42 Å². The van der Waals surface area contributed by atoms with Crippen molar-refractivity contribution in [3.63, 3.8) is 0 Å². The summed E-state index contributed by atoms with van der Waals surface area (Å²) in [7, 11) is -3.85. The Morgan fingerprint density at radius 2 is 1.21 bits per heavy atom. The predicted molar refractivity (Wildman–Crippen MR) is 109 cm³/mol. The fourth-order valence-electron chi connectivity index (χ4n) is 2.70. The van der Waals surface area contributed by atoms with Crippen molar-refractivity contribution in [2.24, 2.45) is 0 Å². The van der Waals surface area contributed by atoms with Crippen LogP contribution < -0.4 is 4.83 Å². The molecule has 28 heavy (non-hydrogen) atoms. The van der Waals surface area contributed by atoms with Gasteiger partial charge in [-0.25, -0.2) is 9.51 Å². The molecule has 4 rings (SSSR count). The van der Waals surface area contributed by atoms with E-state index in [0.717, 1.165) is 5.56 Å². The minimum atomic E-state index is -3.85. The van der Waals surface area contributed by atoms with Gasteiger partial charge in [0.05, 0.1) is 4.90 Å². The van der Waals surface area contributed by atoms with Crippen LogP contribution in [0.25, 0.3) is 22.8 Å². The zero-order valence-electron chi connectivity index (χ0n) is 14.5. The summed E-state index contributed by atoms with van der Waals surface area (Å²) in [5, 5.41) is 9.00. The van der Waals surface area contributed by atoms with Gasteiger partial charge < -0.3 is 0 Å². The second kappa shape index (κ2) is 7.46. The van der Waals surface area contributed by atoms with Gasteiger partial charge >= 0.3 is 0 Å². The number of nitrogens with one attached hydrogen (secondary N) is 1. The molecule has 0 aliphatic rings. The Morgan fingerprint density at radius 3 is 1.79 bits per heavy atom. The lowest BCUT2D eigenvalue weighted by atomic mass is 10.2. The highest BCUT2D eigenvalue weighted by molar-refractivity contribution is 7.92. The molecular formula is C20H15ClN4O2S. The minimum absolute atomic E-state index is 0.143. The monoisotopic (exact) mass is 410 g/mol. The van der Waals surface area contributed by atoms with E-state index < -0.39 is 10.0 Å². The van der Waals surface area contributed by atoms with Crippen molar-refractivity contribution < 1.29 is 8.42 Å². The van der Waals surface area contributed by atoms with Crippen LogP contribution in [0.4, 0.5) is 0 Å². The smallest absolute Gasteiger partial charge is 0.213 e. The van der Waals surface area contributed by atoms with Crippen LogP contribution in [0.3, 0.4) is 0 Å². The van der Waals surface area contributed by atoms with Gasteiger partial charge in [-0.15, -0.1) is 10.2 Å². The zero-order chi connectivity index (χ0) is 19.6. The van der Waals surface area contributed by atoms with Gasteiger partial charge in [0.25, 0.3) is 10.0 Å². The maximum atomic E-state index is 12.9. The molecule has 0 aliphatic carbocycles. The normalized spacial score (nSPS) is 11.3. The van der Waals surface area contributed by atoms with E-state index in [2.05, 4.69) is 15.0 Å². The van der Waals surface area contributed by atoms with Crippen LogP contribution >= 0.6 is 11.6 Å². The Balaban J connectivity index is 1.85. The number of hydrogen-bond donors (Lipinski definition) is 1. The number of sulfonamides is 1. The van der Waals surface area contributed by atoms with E-state index in [-0.39, 0.29) is 4.90 Å². The second-order valence-corrected chi connectivity index (χ2v) is 8.06. The molecule has 1 heterocycles. The van der Waals surface area contributed by atoms with E-state index in [4.69, 9.17) is 11.6 Å². The van der Waals surface area contributed by atoms with Gasteiger partial charge in [0.2, 0.25) is 0 Å². The van der Waals surface area contributed by atoms with Crippen LogP contribution in [0.5, 0.6) is 0 Å². The average molecular weight is 411 g/mol. The summed E-state index contributed by atoms with van der Waals surface area (Å²) in [6, 6.07) is 24.3. The fourth-order valence-corrected chi connectivity index (χ4v) is 3.86. The van der Waals surface area contributed by atoms with E-state index in [1.807, 2.05) is 30.3 Å². The van der Waals surface area contributed by atoms with Gasteiger partial charge in [-0.3, -0.25) is 0 Å². The number of rotatable bonds is 5. The lowest BCUT2D eigenvalue weighted by Crippen LogP contribution is -2.25. The quantitative estimate of drug-likeness (QED) is 0.535. The molecule has 3 aromatic carbocycles. The van der Waals surface area contributed by atoms with Gasteiger partial charge in [-0.2, -0.15) is 8.42 Å². The van der Waals surface area contributed by atoms with Gasteiger partial charge in [-0.05, 0) is 36.4 Å². The Labute approximate surface area is 167 Å². The van der Waals surface area contributed by atoms with Crippen molar-refractivity contribution in [1.29, 1.82) is 0 Å². The molecule has 0 saturated heterocycles. The number of aromatic nitrogens is 3. The highest BCUT2D eigenvalue weighted by Crippen LogP contribution is 2.25. The van der Waals surface area contributed by atoms with Crippen molar-refractivity contribution in [3.8, 4) is 22.8 Å². The maximum absolute atomic E-state index is 12.9. The Morgan fingerprint density at radius 1 is 0.714 bits per heavy atom. The molecule has 0 spiro atoms. The van der Waals surface area contributed by atoms with Crippen molar-refractivity contribution in [1.82, 2.24) is 14.9 Å².